The van der Waals surface area contributed by atoms with Crippen molar-refractivity contribution in [3.05, 3.63) is 0 Å². The first kappa shape index (κ1) is 6.31. The molecule has 1 nitrogen and oxygen atoms in total. The van der Waals surface area contributed by atoms with Gasteiger partial charge in [-0.2, -0.15) is 0 Å². The Labute approximate surface area is 43.3 Å². The van der Waals surface area contributed by atoms with E-state index in [1.165, 1.54) is 0 Å². The van der Waals surface area contributed by atoms with Crippen molar-refractivity contribution >= 4 is 11.8 Å². The van der Waals surface area contributed by atoms with Crippen molar-refractivity contribution in [2.24, 2.45) is 5.73 Å². The molecule has 0 amide bonds. The number of rotatable bonds is 2. The van der Waals surface area contributed by atoms with E-state index >= 15 is 0 Å². The van der Waals surface area contributed by atoms with E-state index in [1.54, 1.807) is 11.8 Å². The lowest BCUT2D eigenvalue weighted by Gasteiger charge is -1.99. The van der Waals surface area contributed by atoms with Crippen LogP contribution >= 0.6 is 11.8 Å². The molecule has 0 aliphatic heterocycles. The molecule has 0 fully saturated rings. The van der Waals surface area contributed by atoms with E-state index in [1.807, 2.05) is 6.26 Å². The standard InChI is InChI=1S/C4H11NS/c1-3-4(5)6-2/h4H,3,5H2,1-2H3. The average Bonchev–Trinajstić information content (AvgIpc) is 1.65. The molecular weight excluding hydrogens is 94.1 g/mol. The monoisotopic (exact) mass is 105 g/mol. The second-order valence-electron chi connectivity index (χ2n) is 1.18. The van der Waals surface area contributed by atoms with Crippen LogP contribution in [0.3, 0.4) is 0 Å². The van der Waals surface area contributed by atoms with Crippen LogP contribution in [0.15, 0.2) is 0 Å². The third kappa shape index (κ3) is 2.54. The average molecular weight is 105 g/mol. The van der Waals surface area contributed by atoms with Crippen LogP contribution in [0, 0.1) is 0 Å². The quantitative estimate of drug-likeness (QED) is 0.531. The van der Waals surface area contributed by atoms with Crippen LogP contribution in [0.4, 0.5) is 0 Å². The Morgan fingerprint density at radius 2 is 2.33 bits per heavy atom. The molecule has 0 radical (unpaired) electrons. The summed E-state index contributed by atoms with van der Waals surface area (Å²) in [5.74, 6) is 0. The first-order chi connectivity index (χ1) is 2.81. The second-order valence-corrected chi connectivity index (χ2v) is 2.26. The minimum Gasteiger partial charge on any atom is -0.319 e. The summed E-state index contributed by atoms with van der Waals surface area (Å²) in [6.45, 7) is 2.08. The molecule has 1 unspecified atom stereocenters. The summed E-state index contributed by atoms with van der Waals surface area (Å²) in [6, 6.07) is 0. The van der Waals surface area contributed by atoms with Crippen molar-refractivity contribution in [2.45, 2.75) is 18.7 Å². The van der Waals surface area contributed by atoms with Crippen LogP contribution in [-0.2, 0) is 0 Å². The van der Waals surface area contributed by atoms with Gasteiger partial charge in [0.1, 0.15) is 0 Å². The third-order valence-electron chi connectivity index (χ3n) is 0.705. The zero-order valence-electron chi connectivity index (χ0n) is 4.27. The minimum absolute atomic E-state index is 0.352. The van der Waals surface area contributed by atoms with E-state index < -0.39 is 0 Å². The molecule has 0 aromatic rings. The number of nitrogens with two attached hydrogens (primary N) is 1. The van der Waals surface area contributed by atoms with Gasteiger partial charge in [0.25, 0.3) is 0 Å². The van der Waals surface area contributed by atoms with E-state index in [-0.39, 0.29) is 0 Å². The lowest BCUT2D eigenvalue weighted by Crippen LogP contribution is -2.11. The van der Waals surface area contributed by atoms with Gasteiger partial charge in [0, 0.05) is 0 Å². The maximum atomic E-state index is 5.44. The van der Waals surface area contributed by atoms with Crippen molar-refractivity contribution in [3.63, 3.8) is 0 Å². The van der Waals surface area contributed by atoms with Crippen molar-refractivity contribution in [1.29, 1.82) is 0 Å². The first-order valence-electron chi connectivity index (χ1n) is 2.09. The van der Waals surface area contributed by atoms with Crippen LogP contribution in [0.5, 0.6) is 0 Å². The number of hydrogen-bond donors (Lipinski definition) is 1. The van der Waals surface area contributed by atoms with Gasteiger partial charge >= 0.3 is 0 Å². The molecule has 0 heterocycles. The Morgan fingerprint density at radius 1 is 1.83 bits per heavy atom. The lowest BCUT2D eigenvalue weighted by atomic mass is 10.5. The molecule has 2 heteroatoms. The first-order valence-corrected chi connectivity index (χ1v) is 3.38. The highest BCUT2D eigenvalue weighted by molar-refractivity contribution is 7.99. The van der Waals surface area contributed by atoms with E-state index in [9.17, 15) is 0 Å². The molecule has 0 aliphatic carbocycles. The summed E-state index contributed by atoms with van der Waals surface area (Å²) in [5, 5.41) is 0.352. The zero-order valence-corrected chi connectivity index (χ0v) is 5.09. The molecule has 0 rings (SSSR count). The predicted molar refractivity (Wildman–Crippen MR) is 31.8 cm³/mol. The maximum Gasteiger partial charge on any atom is 0.0501 e. The summed E-state index contributed by atoms with van der Waals surface area (Å²) in [5.41, 5.74) is 5.44. The summed E-state index contributed by atoms with van der Waals surface area (Å²) < 4.78 is 0. The Hall–Kier alpha value is 0.310. The van der Waals surface area contributed by atoms with E-state index in [0.717, 1.165) is 6.42 Å². The molecule has 38 valence electrons. The van der Waals surface area contributed by atoms with Crippen molar-refractivity contribution in [2.75, 3.05) is 6.26 Å². The Kier molecular flexibility index (Phi) is 3.68. The molecule has 0 aromatic heterocycles. The van der Waals surface area contributed by atoms with Crippen LogP contribution in [0.1, 0.15) is 13.3 Å². The molecule has 0 saturated heterocycles. The topological polar surface area (TPSA) is 26.0 Å². The smallest absolute Gasteiger partial charge is 0.0501 e. The highest BCUT2D eigenvalue weighted by atomic mass is 32.2. The van der Waals surface area contributed by atoms with Crippen LogP contribution in [0.25, 0.3) is 0 Å². The largest absolute Gasteiger partial charge is 0.319 e. The van der Waals surface area contributed by atoms with Gasteiger partial charge in [-0.15, -0.1) is 11.8 Å². The SMILES string of the molecule is CCC(N)SC. The molecule has 0 spiro atoms. The fourth-order valence-corrected chi connectivity index (χ4v) is 0.500. The summed E-state index contributed by atoms with van der Waals surface area (Å²) in [6.07, 6.45) is 3.09. The fraction of sp³-hybridized carbons (Fsp3) is 1.00. The van der Waals surface area contributed by atoms with E-state index in [4.69, 9.17) is 5.73 Å². The van der Waals surface area contributed by atoms with Gasteiger partial charge in [-0.05, 0) is 12.7 Å². The van der Waals surface area contributed by atoms with Crippen molar-refractivity contribution in [3.8, 4) is 0 Å². The molecular formula is C4H11NS. The third-order valence-corrected chi connectivity index (χ3v) is 1.64. The molecule has 0 aliphatic rings. The van der Waals surface area contributed by atoms with Gasteiger partial charge in [-0.3, -0.25) is 0 Å². The maximum absolute atomic E-state index is 5.44. The van der Waals surface area contributed by atoms with Gasteiger partial charge in [-0.25, -0.2) is 0 Å². The van der Waals surface area contributed by atoms with Gasteiger partial charge < -0.3 is 5.73 Å². The summed E-state index contributed by atoms with van der Waals surface area (Å²) >= 11 is 1.70. The summed E-state index contributed by atoms with van der Waals surface area (Å²) in [4.78, 5) is 0. The molecule has 1 atom stereocenters. The highest BCUT2D eigenvalue weighted by Crippen LogP contribution is 2.00. The Bertz CT molecular complexity index is 26.7. The van der Waals surface area contributed by atoms with Gasteiger partial charge in [0.2, 0.25) is 0 Å². The van der Waals surface area contributed by atoms with Gasteiger partial charge in [0.05, 0.1) is 5.37 Å². The lowest BCUT2D eigenvalue weighted by molar-refractivity contribution is 0.871. The molecule has 0 saturated carbocycles. The Morgan fingerprint density at radius 3 is 2.33 bits per heavy atom. The Balaban J connectivity index is 2.75. The molecule has 0 aromatic carbocycles. The zero-order chi connectivity index (χ0) is 4.99. The molecule has 0 bridgehead atoms. The van der Waals surface area contributed by atoms with Gasteiger partial charge in [-0.1, -0.05) is 6.92 Å². The van der Waals surface area contributed by atoms with E-state index in [0.29, 0.717) is 5.37 Å². The highest BCUT2D eigenvalue weighted by Gasteiger charge is 1.89. The second kappa shape index (κ2) is 3.50. The molecule has 2 N–H and O–H groups in total. The van der Waals surface area contributed by atoms with Crippen LogP contribution in [-0.4, -0.2) is 11.6 Å². The predicted octanol–water partition coefficient (Wildman–Crippen LogP) is 1.04. The van der Waals surface area contributed by atoms with E-state index in [2.05, 4.69) is 6.92 Å². The number of thioether (sulfide) groups is 1. The van der Waals surface area contributed by atoms with Crippen molar-refractivity contribution in [1.82, 2.24) is 0 Å². The van der Waals surface area contributed by atoms with Crippen LogP contribution < -0.4 is 5.73 Å². The normalized spacial score (nSPS) is 14.5. The van der Waals surface area contributed by atoms with Crippen molar-refractivity contribution < 1.29 is 0 Å². The molecule has 6 heavy (non-hydrogen) atoms. The van der Waals surface area contributed by atoms with Crippen LogP contribution in [0.2, 0.25) is 0 Å². The minimum atomic E-state index is 0.352. The summed E-state index contributed by atoms with van der Waals surface area (Å²) in [7, 11) is 0. The fourth-order valence-electron chi connectivity index (χ4n) is 0.167. The van der Waals surface area contributed by atoms with Gasteiger partial charge in [0.15, 0.2) is 0 Å². The number of hydrogen-bond acceptors (Lipinski definition) is 2.